The minimum atomic E-state index is -0.653. The molecule has 0 N–H and O–H groups in total. The van der Waals surface area contributed by atoms with Gasteiger partial charge >= 0.3 is 35.4 Å². The SMILES string of the molecule is Cc1ccc(CBr)cc1.Cc1ccc(CON=C(C#N)C#N)cc1.[C-]#[N+]/C(C#N)=N/[O-].[Na+]. The molecule has 0 saturated carbocycles. The van der Waals surface area contributed by atoms with Gasteiger partial charge in [-0.15, -0.1) is 5.16 Å². The van der Waals surface area contributed by atoms with Gasteiger partial charge in [0.1, 0.15) is 24.8 Å². The molecule has 0 bridgehead atoms. The number of halogens is 1. The third kappa shape index (κ3) is 14.7. The predicted octanol–water partition coefficient (Wildman–Crippen LogP) is 2.13. The summed E-state index contributed by atoms with van der Waals surface area (Å²) in [5, 5.41) is 40.1. The number of nitrogens with zero attached hydrogens (tertiary/aromatic N) is 6. The van der Waals surface area contributed by atoms with E-state index in [0.717, 1.165) is 16.5 Å². The zero-order valence-electron chi connectivity index (χ0n) is 17.9. The number of nitriles is 3. The average molecular weight is 501 g/mol. The standard InChI is InChI=1S/C11H9N3O.C8H9Br.C3HN3O.Na/c1-9-2-4-10(5-3-9)8-15-14-11(6-12)7-13;1-7-2-4-8(6-9)5-3-7;1-5-3(2-4)6-7;/h2-5H,8H2,1H3;2-5H,6H2,1H3;7H;/q;;;+1/p-1/b;;6-3+;. The van der Waals surface area contributed by atoms with Crippen molar-refractivity contribution in [3.8, 4) is 18.2 Å². The Bertz CT molecular complexity index is 1010. The van der Waals surface area contributed by atoms with Crippen LogP contribution >= 0.6 is 15.9 Å². The number of aryl methyl sites for hydroxylation is 2. The van der Waals surface area contributed by atoms with Crippen LogP contribution < -0.4 is 29.6 Å². The fraction of sp³-hybridized carbons (Fsp3) is 0.182. The Balaban J connectivity index is 0. The van der Waals surface area contributed by atoms with Crippen molar-refractivity contribution >= 4 is 27.5 Å². The number of hydrogen-bond donors (Lipinski definition) is 0. The summed E-state index contributed by atoms with van der Waals surface area (Å²) >= 11 is 3.38. The fourth-order valence-electron chi connectivity index (χ4n) is 1.66. The molecular weight excluding hydrogens is 483 g/mol. The van der Waals surface area contributed by atoms with Gasteiger partial charge in [0.05, 0.1) is 0 Å². The van der Waals surface area contributed by atoms with Crippen LogP contribution in [-0.2, 0) is 16.8 Å². The molecule has 10 heteroatoms. The first-order valence-corrected chi connectivity index (χ1v) is 9.71. The molecular formula is C22H18BrN6NaO2. The van der Waals surface area contributed by atoms with Crippen LogP contribution in [0.5, 0.6) is 0 Å². The topological polar surface area (TPSA) is 133 Å². The molecule has 8 nitrogen and oxygen atoms in total. The van der Waals surface area contributed by atoms with Gasteiger partial charge in [0, 0.05) is 5.33 Å². The third-order valence-electron chi connectivity index (χ3n) is 3.29. The Labute approximate surface area is 218 Å². The maximum Gasteiger partial charge on any atom is 1.00 e. The first kappa shape index (κ1) is 31.0. The minimum Gasteiger partial charge on any atom is -0.691 e. The average Bonchev–Trinajstić information content (AvgIpc) is 2.80. The van der Waals surface area contributed by atoms with Gasteiger partial charge in [-0.25, -0.2) is 5.26 Å². The van der Waals surface area contributed by atoms with Gasteiger partial charge in [-0.1, -0.05) is 87.3 Å². The molecule has 0 saturated heterocycles. The number of hydrogen-bond acceptors (Lipinski definition) is 7. The van der Waals surface area contributed by atoms with E-state index >= 15 is 0 Å². The second kappa shape index (κ2) is 19.8. The van der Waals surface area contributed by atoms with Gasteiger partial charge in [0.25, 0.3) is 5.71 Å². The molecule has 2 aromatic rings. The van der Waals surface area contributed by atoms with Crippen molar-refractivity contribution in [3.63, 3.8) is 0 Å². The molecule has 0 aromatic heterocycles. The van der Waals surface area contributed by atoms with Gasteiger partial charge in [-0.05, 0) is 25.0 Å². The minimum absolute atomic E-state index is 0. The molecule has 0 unspecified atom stereocenters. The van der Waals surface area contributed by atoms with Gasteiger partial charge in [-0.2, -0.15) is 10.5 Å². The van der Waals surface area contributed by atoms with Crippen LogP contribution in [0.15, 0.2) is 58.8 Å². The summed E-state index contributed by atoms with van der Waals surface area (Å²) in [7, 11) is 0. The molecule has 0 amide bonds. The molecule has 0 aliphatic heterocycles. The molecule has 32 heavy (non-hydrogen) atoms. The largest absolute Gasteiger partial charge is 1.00 e. The summed E-state index contributed by atoms with van der Waals surface area (Å²) < 4.78 is 0. The normalized spacial score (nSPS) is 8.66. The number of amidine groups is 1. The van der Waals surface area contributed by atoms with Crippen LogP contribution in [0.1, 0.15) is 22.3 Å². The molecule has 0 aliphatic rings. The zero-order valence-corrected chi connectivity index (χ0v) is 21.5. The number of benzene rings is 2. The second-order valence-electron chi connectivity index (χ2n) is 5.68. The van der Waals surface area contributed by atoms with Gasteiger partial charge in [0.2, 0.25) is 0 Å². The second-order valence-corrected chi connectivity index (χ2v) is 6.24. The van der Waals surface area contributed by atoms with E-state index in [1.165, 1.54) is 17.2 Å². The quantitative estimate of drug-likeness (QED) is 0.158. The van der Waals surface area contributed by atoms with E-state index in [2.05, 4.69) is 62.3 Å². The van der Waals surface area contributed by atoms with Gasteiger partial charge < -0.3 is 14.9 Å². The van der Waals surface area contributed by atoms with Crippen LogP contribution in [0, 0.1) is 59.6 Å². The van der Waals surface area contributed by atoms with Crippen LogP contribution in [0.4, 0.5) is 0 Å². The van der Waals surface area contributed by atoms with Crippen molar-refractivity contribution in [2.75, 3.05) is 0 Å². The van der Waals surface area contributed by atoms with Crippen molar-refractivity contribution in [2.45, 2.75) is 25.8 Å². The summed E-state index contributed by atoms with van der Waals surface area (Å²) in [5.41, 5.74) is 4.49. The summed E-state index contributed by atoms with van der Waals surface area (Å²) in [5.74, 6) is -0.653. The van der Waals surface area contributed by atoms with E-state index in [0.29, 0.717) is 0 Å². The molecule has 0 spiro atoms. The zero-order chi connectivity index (χ0) is 23.5. The van der Waals surface area contributed by atoms with Crippen LogP contribution in [-0.4, -0.2) is 11.5 Å². The van der Waals surface area contributed by atoms with E-state index in [9.17, 15) is 5.21 Å². The number of rotatable bonds is 4. The Morgan fingerprint density at radius 3 is 1.75 bits per heavy atom. The Hall–Kier alpha value is -3.18. The Morgan fingerprint density at radius 1 is 0.969 bits per heavy atom. The summed E-state index contributed by atoms with van der Waals surface area (Å²) in [6.45, 7) is 10.4. The smallest absolute Gasteiger partial charge is 0.691 e. The predicted molar refractivity (Wildman–Crippen MR) is 121 cm³/mol. The van der Waals surface area contributed by atoms with E-state index in [4.69, 9.17) is 27.2 Å². The first-order chi connectivity index (χ1) is 14.9. The molecule has 2 rings (SSSR count). The van der Waals surface area contributed by atoms with Crippen molar-refractivity contribution in [3.05, 3.63) is 87.4 Å². The molecule has 2 aromatic carbocycles. The number of oxime groups is 1. The maximum atomic E-state index is 9.24. The van der Waals surface area contributed by atoms with Gasteiger partial charge in [-0.3, -0.25) is 0 Å². The van der Waals surface area contributed by atoms with Crippen molar-refractivity contribution in [1.82, 2.24) is 0 Å². The summed E-state index contributed by atoms with van der Waals surface area (Å²) in [4.78, 5) is 7.30. The van der Waals surface area contributed by atoms with Crippen LogP contribution in [0.3, 0.4) is 0 Å². The fourth-order valence-corrected chi connectivity index (χ4v) is 2.04. The monoisotopic (exact) mass is 500 g/mol. The molecule has 0 atom stereocenters. The van der Waals surface area contributed by atoms with Crippen molar-refractivity contribution in [2.24, 2.45) is 10.3 Å². The number of alkyl halides is 1. The van der Waals surface area contributed by atoms with E-state index < -0.39 is 5.84 Å². The summed E-state index contributed by atoms with van der Waals surface area (Å²) in [6.07, 6.45) is 0. The van der Waals surface area contributed by atoms with Crippen molar-refractivity contribution < 1.29 is 34.4 Å². The maximum absolute atomic E-state index is 9.24. The molecule has 0 fully saturated rings. The molecule has 156 valence electrons. The Morgan fingerprint density at radius 2 is 1.44 bits per heavy atom. The Kier molecular flexibility index (Phi) is 19.2. The van der Waals surface area contributed by atoms with Crippen LogP contribution in [0.25, 0.3) is 4.85 Å². The van der Waals surface area contributed by atoms with E-state index in [1.54, 1.807) is 12.1 Å². The third-order valence-corrected chi connectivity index (χ3v) is 3.93. The molecule has 0 heterocycles. The first-order valence-electron chi connectivity index (χ1n) is 8.59. The van der Waals surface area contributed by atoms with E-state index in [1.807, 2.05) is 31.2 Å². The van der Waals surface area contributed by atoms with Gasteiger partial charge in [0.15, 0.2) is 0 Å². The van der Waals surface area contributed by atoms with Crippen molar-refractivity contribution in [1.29, 1.82) is 15.8 Å². The summed E-state index contributed by atoms with van der Waals surface area (Å²) in [6, 6.07) is 20.7. The van der Waals surface area contributed by atoms with E-state index in [-0.39, 0.29) is 41.9 Å². The molecule has 0 radical (unpaired) electrons. The molecule has 0 aliphatic carbocycles. The van der Waals surface area contributed by atoms with Crippen LogP contribution in [0.2, 0.25) is 0 Å².